The molecule has 2 saturated carbocycles. The molecule has 3 aliphatic rings. The van der Waals surface area contributed by atoms with E-state index in [9.17, 15) is 14.4 Å². The minimum atomic E-state index is -0.570. The van der Waals surface area contributed by atoms with Gasteiger partial charge in [-0.05, 0) is 23.7 Å². The fourth-order valence-corrected chi connectivity index (χ4v) is 5.18. The van der Waals surface area contributed by atoms with E-state index < -0.39 is 30.0 Å². The van der Waals surface area contributed by atoms with Crippen molar-refractivity contribution in [3.05, 3.63) is 0 Å². The van der Waals surface area contributed by atoms with Gasteiger partial charge in [-0.2, -0.15) is 0 Å². The maximum Gasteiger partial charge on any atom is 0.310 e. The SMILES string of the molecule is COC(=O)C1C2CC3C(OC(=O)C31)C2OC(=O)C(CC(C)(C)C)C(C)(C)C. The van der Waals surface area contributed by atoms with Crippen molar-refractivity contribution in [2.24, 2.45) is 40.4 Å². The number of fused-ring (bicyclic) bond motifs is 1. The van der Waals surface area contributed by atoms with Crippen LogP contribution in [0.15, 0.2) is 0 Å². The van der Waals surface area contributed by atoms with Crippen LogP contribution in [-0.4, -0.2) is 37.2 Å². The van der Waals surface area contributed by atoms with Crippen LogP contribution in [0.5, 0.6) is 0 Å². The molecule has 3 fully saturated rings. The molecule has 0 radical (unpaired) electrons. The molecule has 6 heteroatoms. The van der Waals surface area contributed by atoms with Gasteiger partial charge in [0.25, 0.3) is 0 Å². The number of carbonyl (C=O) groups is 3. The number of carbonyl (C=O) groups excluding carboxylic acids is 3. The van der Waals surface area contributed by atoms with Crippen LogP contribution in [0.25, 0.3) is 0 Å². The summed E-state index contributed by atoms with van der Waals surface area (Å²) in [5.41, 5.74) is -0.274. The van der Waals surface area contributed by atoms with Crippen LogP contribution in [-0.2, 0) is 28.6 Å². The van der Waals surface area contributed by atoms with E-state index in [1.54, 1.807) is 0 Å². The van der Waals surface area contributed by atoms with Gasteiger partial charge in [-0.3, -0.25) is 14.4 Å². The third-order valence-corrected chi connectivity index (χ3v) is 6.42. The predicted molar refractivity (Wildman–Crippen MR) is 97.4 cm³/mol. The van der Waals surface area contributed by atoms with Crippen LogP contribution < -0.4 is 0 Å². The van der Waals surface area contributed by atoms with Crippen molar-refractivity contribution >= 4 is 17.9 Å². The molecule has 2 bridgehead atoms. The Hall–Kier alpha value is -1.59. The van der Waals surface area contributed by atoms with Crippen molar-refractivity contribution in [3.63, 3.8) is 0 Å². The number of methoxy groups -OCH3 is 1. The van der Waals surface area contributed by atoms with Gasteiger partial charge in [-0.1, -0.05) is 41.5 Å². The molecule has 0 aromatic heterocycles. The van der Waals surface area contributed by atoms with E-state index in [1.807, 2.05) is 20.8 Å². The highest BCUT2D eigenvalue weighted by molar-refractivity contribution is 5.86. The third-order valence-electron chi connectivity index (χ3n) is 6.42. The fourth-order valence-electron chi connectivity index (χ4n) is 5.18. The number of hydrogen-bond acceptors (Lipinski definition) is 6. The summed E-state index contributed by atoms with van der Waals surface area (Å²) >= 11 is 0. The smallest absolute Gasteiger partial charge is 0.310 e. The van der Waals surface area contributed by atoms with E-state index in [0.29, 0.717) is 12.8 Å². The van der Waals surface area contributed by atoms with Gasteiger partial charge >= 0.3 is 17.9 Å². The second-order valence-electron chi connectivity index (χ2n) is 10.6. The summed E-state index contributed by atoms with van der Waals surface area (Å²) in [6, 6.07) is 0. The molecule has 1 saturated heterocycles. The highest BCUT2D eigenvalue weighted by Gasteiger charge is 2.70. The average Bonchev–Trinajstić information content (AvgIpc) is 3.13. The van der Waals surface area contributed by atoms with E-state index in [1.165, 1.54) is 7.11 Å². The highest BCUT2D eigenvalue weighted by Crippen LogP contribution is 2.59. The standard InChI is InChI=1S/C21H32O6/c1-20(2,3)9-12(21(4,5)6)17(22)26-15-10-8-11-14(13(10)18(23)25-7)19(24)27-16(11)15/h10-16H,8-9H2,1-7H3. The van der Waals surface area contributed by atoms with Crippen molar-refractivity contribution < 1.29 is 28.6 Å². The molecule has 7 unspecified atom stereocenters. The largest absolute Gasteiger partial charge is 0.469 e. The Labute approximate surface area is 161 Å². The normalized spacial score (nSPS) is 35.7. The molecule has 27 heavy (non-hydrogen) atoms. The van der Waals surface area contributed by atoms with Crippen LogP contribution in [0.1, 0.15) is 54.4 Å². The molecule has 6 nitrogen and oxygen atoms in total. The summed E-state index contributed by atoms with van der Waals surface area (Å²) < 4.78 is 16.4. The summed E-state index contributed by atoms with van der Waals surface area (Å²) in [7, 11) is 1.33. The Morgan fingerprint density at radius 2 is 1.78 bits per heavy atom. The molecule has 0 amide bonds. The zero-order valence-electron chi connectivity index (χ0n) is 17.4. The first-order valence-electron chi connectivity index (χ1n) is 9.84. The molecule has 3 rings (SSSR count). The second-order valence-corrected chi connectivity index (χ2v) is 10.6. The zero-order valence-corrected chi connectivity index (χ0v) is 17.4. The summed E-state index contributed by atoms with van der Waals surface area (Å²) in [5, 5.41) is 0. The van der Waals surface area contributed by atoms with E-state index in [2.05, 4.69) is 20.8 Å². The molecule has 7 atom stereocenters. The minimum Gasteiger partial charge on any atom is -0.469 e. The lowest BCUT2D eigenvalue weighted by Gasteiger charge is -2.36. The lowest BCUT2D eigenvalue weighted by molar-refractivity contribution is -0.173. The quantitative estimate of drug-likeness (QED) is 0.551. The molecule has 0 aromatic rings. The van der Waals surface area contributed by atoms with Crippen LogP contribution in [0.2, 0.25) is 0 Å². The first-order valence-corrected chi connectivity index (χ1v) is 9.84. The van der Waals surface area contributed by atoms with Gasteiger partial charge in [0.1, 0.15) is 12.2 Å². The molecule has 0 spiro atoms. The van der Waals surface area contributed by atoms with Gasteiger partial charge in [-0.15, -0.1) is 0 Å². The fraction of sp³-hybridized carbons (Fsp3) is 0.857. The van der Waals surface area contributed by atoms with E-state index >= 15 is 0 Å². The molecule has 1 aliphatic heterocycles. The second kappa shape index (κ2) is 6.49. The number of hydrogen-bond donors (Lipinski definition) is 0. The van der Waals surface area contributed by atoms with Crippen LogP contribution in [0.3, 0.4) is 0 Å². The monoisotopic (exact) mass is 380 g/mol. The summed E-state index contributed by atoms with van der Waals surface area (Å²) in [6.45, 7) is 12.4. The van der Waals surface area contributed by atoms with Crippen molar-refractivity contribution in [1.82, 2.24) is 0 Å². The first-order chi connectivity index (χ1) is 12.3. The molecule has 1 heterocycles. The molecule has 152 valence electrons. The maximum absolute atomic E-state index is 13.1. The third kappa shape index (κ3) is 3.47. The Bertz CT molecular complexity index is 640. The predicted octanol–water partition coefficient (Wildman–Crippen LogP) is 2.98. The van der Waals surface area contributed by atoms with E-state index in [4.69, 9.17) is 14.2 Å². The maximum atomic E-state index is 13.1. The van der Waals surface area contributed by atoms with Crippen molar-refractivity contribution in [1.29, 1.82) is 0 Å². The molecule has 0 N–H and O–H groups in total. The summed E-state index contributed by atoms with van der Waals surface area (Å²) in [5.74, 6) is -2.59. The van der Waals surface area contributed by atoms with Gasteiger partial charge in [0.05, 0.1) is 24.9 Å². The number of rotatable bonds is 4. The Kier molecular flexibility index (Phi) is 4.84. The van der Waals surface area contributed by atoms with E-state index in [0.717, 1.165) is 0 Å². The minimum absolute atomic E-state index is 0.0227. The molecule has 2 aliphatic carbocycles. The highest BCUT2D eigenvalue weighted by atomic mass is 16.6. The van der Waals surface area contributed by atoms with Gasteiger partial charge in [0, 0.05) is 11.8 Å². The summed E-state index contributed by atoms with van der Waals surface area (Å²) in [4.78, 5) is 37.7. The van der Waals surface area contributed by atoms with Crippen molar-refractivity contribution in [3.8, 4) is 0 Å². The Morgan fingerprint density at radius 1 is 1.15 bits per heavy atom. The number of esters is 3. The molecular weight excluding hydrogens is 348 g/mol. The van der Waals surface area contributed by atoms with Gasteiger partial charge in [0.15, 0.2) is 0 Å². The number of ether oxygens (including phenoxy) is 3. The Balaban J connectivity index is 1.81. The van der Waals surface area contributed by atoms with Gasteiger partial charge in [0.2, 0.25) is 0 Å². The van der Waals surface area contributed by atoms with Crippen molar-refractivity contribution in [2.75, 3.05) is 7.11 Å². The van der Waals surface area contributed by atoms with E-state index in [-0.39, 0.29) is 40.5 Å². The van der Waals surface area contributed by atoms with Crippen LogP contribution in [0, 0.1) is 40.4 Å². The first kappa shape index (κ1) is 20.2. The van der Waals surface area contributed by atoms with Crippen molar-refractivity contribution in [2.45, 2.75) is 66.6 Å². The summed E-state index contributed by atoms with van der Waals surface area (Å²) in [6.07, 6.45) is 0.383. The van der Waals surface area contributed by atoms with Gasteiger partial charge in [-0.25, -0.2) is 0 Å². The lowest BCUT2D eigenvalue weighted by Crippen LogP contribution is -2.45. The van der Waals surface area contributed by atoms with Crippen LogP contribution >= 0.6 is 0 Å². The zero-order chi connectivity index (χ0) is 20.3. The molecular formula is C21H32O6. The lowest BCUT2D eigenvalue weighted by atomic mass is 9.72. The average molecular weight is 380 g/mol. The van der Waals surface area contributed by atoms with Crippen LogP contribution in [0.4, 0.5) is 0 Å². The molecule has 0 aromatic carbocycles. The topological polar surface area (TPSA) is 78.9 Å². The Morgan fingerprint density at radius 3 is 2.30 bits per heavy atom. The van der Waals surface area contributed by atoms with Gasteiger partial charge < -0.3 is 14.2 Å².